The van der Waals surface area contributed by atoms with Crippen LogP contribution >= 0.6 is 24.0 Å². The largest absolute Gasteiger partial charge is 0.497 e. The van der Waals surface area contributed by atoms with Gasteiger partial charge in [0.2, 0.25) is 0 Å². The van der Waals surface area contributed by atoms with E-state index in [2.05, 4.69) is 48.4 Å². The molecule has 0 bridgehead atoms. The minimum Gasteiger partial charge on any atom is -0.497 e. The molecule has 1 aromatic carbocycles. The molecule has 0 aromatic heterocycles. The fraction of sp³-hybridized carbons (Fsp3) is 0.682. The number of ether oxygens (including phenoxy) is 3. The molecule has 0 atom stereocenters. The zero-order chi connectivity index (χ0) is 21.1. The average Bonchev–Trinajstić information content (AvgIpc) is 2.73. The zero-order valence-corrected chi connectivity index (χ0v) is 21.4. The first-order chi connectivity index (χ1) is 14.0. The standard InChI is InChI=1S/C22H38N4O3.HI/c1-6-23-22(24-10-7-13-29-17(2)3)25-18-8-11-26(12-9-18)19-14-20(27-4)16-21(15-19)28-5;/h14-18H,6-13H2,1-5H3,(H2,23,24,25);1H. The third-order valence-electron chi connectivity index (χ3n) is 4.90. The van der Waals surface area contributed by atoms with Crippen molar-refractivity contribution in [2.24, 2.45) is 4.99 Å². The van der Waals surface area contributed by atoms with Crippen LogP contribution in [0.2, 0.25) is 0 Å². The molecule has 8 heteroatoms. The van der Waals surface area contributed by atoms with Crippen LogP contribution in [0.1, 0.15) is 40.0 Å². The summed E-state index contributed by atoms with van der Waals surface area (Å²) < 4.78 is 16.4. The van der Waals surface area contributed by atoms with E-state index < -0.39 is 0 Å². The van der Waals surface area contributed by atoms with E-state index in [1.165, 1.54) is 0 Å². The van der Waals surface area contributed by atoms with Crippen LogP contribution in [0.25, 0.3) is 0 Å². The summed E-state index contributed by atoms with van der Waals surface area (Å²) in [4.78, 5) is 7.08. The van der Waals surface area contributed by atoms with Crippen LogP contribution in [0.4, 0.5) is 5.69 Å². The van der Waals surface area contributed by atoms with Crippen molar-refractivity contribution >= 4 is 35.6 Å². The quantitative estimate of drug-likeness (QED) is 0.207. The van der Waals surface area contributed by atoms with Gasteiger partial charge < -0.3 is 29.7 Å². The van der Waals surface area contributed by atoms with Crippen LogP contribution in [-0.4, -0.2) is 65.1 Å². The molecular formula is C22H39IN4O3. The first kappa shape index (κ1) is 26.6. The molecular weight excluding hydrogens is 495 g/mol. The highest BCUT2D eigenvalue weighted by atomic mass is 127. The Morgan fingerprint density at radius 2 is 1.77 bits per heavy atom. The van der Waals surface area contributed by atoms with Crippen LogP contribution in [-0.2, 0) is 4.74 Å². The number of nitrogens with one attached hydrogen (secondary N) is 2. The molecule has 2 rings (SSSR count). The molecule has 2 N–H and O–H groups in total. The second kappa shape index (κ2) is 14.6. The molecule has 30 heavy (non-hydrogen) atoms. The van der Waals surface area contributed by atoms with Crippen LogP contribution < -0.4 is 25.0 Å². The smallest absolute Gasteiger partial charge is 0.191 e. The van der Waals surface area contributed by atoms with Gasteiger partial charge in [-0.1, -0.05) is 0 Å². The van der Waals surface area contributed by atoms with Gasteiger partial charge in [0.25, 0.3) is 0 Å². The van der Waals surface area contributed by atoms with Gasteiger partial charge in [0, 0.05) is 62.7 Å². The topological polar surface area (TPSA) is 67.4 Å². The Hall–Kier alpha value is -1.42. The number of methoxy groups -OCH3 is 2. The Labute approximate surface area is 199 Å². The molecule has 172 valence electrons. The number of aliphatic imine (C=N–C) groups is 1. The molecule has 1 saturated heterocycles. The molecule has 1 heterocycles. The summed E-state index contributed by atoms with van der Waals surface area (Å²) in [6.07, 6.45) is 3.33. The molecule has 0 amide bonds. The van der Waals surface area contributed by atoms with E-state index in [1.54, 1.807) is 14.2 Å². The summed E-state index contributed by atoms with van der Waals surface area (Å²) in [5, 5.41) is 6.95. The monoisotopic (exact) mass is 534 g/mol. The normalized spacial score (nSPS) is 15.0. The maximum atomic E-state index is 5.59. The maximum absolute atomic E-state index is 5.59. The highest BCUT2D eigenvalue weighted by Gasteiger charge is 2.21. The lowest BCUT2D eigenvalue weighted by Crippen LogP contribution is -2.48. The Bertz CT molecular complexity index is 613. The number of halogens is 1. The minimum atomic E-state index is 0. The third kappa shape index (κ3) is 9.16. The predicted octanol–water partition coefficient (Wildman–Crippen LogP) is 3.66. The Kier molecular flexibility index (Phi) is 12.9. The van der Waals surface area contributed by atoms with E-state index >= 15 is 0 Å². The molecule has 1 aliphatic rings. The lowest BCUT2D eigenvalue weighted by Gasteiger charge is -2.34. The van der Waals surface area contributed by atoms with Crippen molar-refractivity contribution in [2.45, 2.75) is 52.2 Å². The molecule has 0 saturated carbocycles. The zero-order valence-electron chi connectivity index (χ0n) is 19.1. The van der Waals surface area contributed by atoms with Gasteiger partial charge in [-0.05, 0) is 40.0 Å². The number of nitrogens with zero attached hydrogens (tertiary/aromatic N) is 2. The summed E-state index contributed by atoms with van der Waals surface area (Å²) in [5.74, 6) is 2.55. The van der Waals surface area contributed by atoms with Crippen LogP contribution in [0.15, 0.2) is 23.2 Å². The second-order valence-electron chi connectivity index (χ2n) is 7.51. The highest BCUT2D eigenvalue weighted by Crippen LogP contribution is 2.30. The molecule has 0 radical (unpaired) electrons. The molecule has 1 aromatic rings. The number of hydrogen-bond acceptors (Lipinski definition) is 5. The van der Waals surface area contributed by atoms with Crippen molar-refractivity contribution in [1.29, 1.82) is 0 Å². The summed E-state index contributed by atoms with van der Waals surface area (Å²) in [6, 6.07) is 6.47. The van der Waals surface area contributed by atoms with Crippen LogP contribution in [0.5, 0.6) is 11.5 Å². The average molecular weight is 534 g/mol. The van der Waals surface area contributed by atoms with Gasteiger partial charge in [-0.15, -0.1) is 24.0 Å². The van der Waals surface area contributed by atoms with E-state index in [4.69, 9.17) is 19.2 Å². The number of piperidine rings is 1. The minimum absolute atomic E-state index is 0. The number of anilines is 1. The van der Waals surface area contributed by atoms with Crippen molar-refractivity contribution in [3.63, 3.8) is 0 Å². The number of rotatable bonds is 10. The van der Waals surface area contributed by atoms with Crippen molar-refractivity contribution < 1.29 is 14.2 Å². The molecule has 0 aliphatic carbocycles. The Morgan fingerprint density at radius 1 is 1.13 bits per heavy atom. The Morgan fingerprint density at radius 3 is 2.30 bits per heavy atom. The number of hydrogen-bond donors (Lipinski definition) is 2. The summed E-state index contributed by atoms with van der Waals surface area (Å²) in [5.41, 5.74) is 1.14. The first-order valence-electron chi connectivity index (χ1n) is 10.7. The van der Waals surface area contributed by atoms with E-state index in [0.717, 1.165) is 75.2 Å². The molecule has 1 fully saturated rings. The lowest BCUT2D eigenvalue weighted by atomic mass is 10.0. The fourth-order valence-corrected chi connectivity index (χ4v) is 3.34. The van der Waals surface area contributed by atoms with E-state index in [1.807, 2.05) is 6.07 Å². The second-order valence-corrected chi connectivity index (χ2v) is 7.51. The van der Waals surface area contributed by atoms with Gasteiger partial charge in [0.1, 0.15) is 11.5 Å². The fourth-order valence-electron chi connectivity index (χ4n) is 3.34. The Balaban J connectivity index is 0.00000450. The first-order valence-corrected chi connectivity index (χ1v) is 10.7. The summed E-state index contributed by atoms with van der Waals surface area (Å²) in [7, 11) is 3.37. The highest BCUT2D eigenvalue weighted by molar-refractivity contribution is 14.0. The van der Waals surface area contributed by atoms with Gasteiger partial charge in [-0.25, -0.2) is 0 Å². The van der Waals surface area contributed by atoms with Gasteiger partial charge in [0.05, 0.1) is 20.3 Å². The third-order valence-corrected chi connectivity index (χ3v) is 4.90. The maximum Gasteiger partial charge on any atom is 0.191 e. The van der Waals surface area contributed by atoms with E-state index in [0.29, 0.717) is 6.04 Å². The molecule has 7 nitrogen and oxygen atoms in total. The van der Waals surface area contributed by atoms with Gasteiger partial charge >= 0.3 is 0 Å². The SMILES string of the molecule is CCNC(=NCCCOC(C)C)NC1CCN(c2cc(OC)cc(OC)c2)CC1.I. The molecule has 0 unspecified atom stereocenters. The van der Waals surface area contributed by atoms with Gasteiger partial charge in [-0.3, -0.25) is 4.99 Å². The van der Waals surface area contributed by atoms with Gasteiger partial charge in [-0.2, -0.15) is 0 Å². The van der Waals surface area contributed by atoms with E-state index in [9.17, 15) is 0 Å². The van der Waals surface area contributed by atoms with Crippen molar-refractivity contribution in [2.75, 3.05) is 51.9 Å². The predicted molar refractivity (Wildman–Crippen MR) is 135 cm³/mol. The lowest BCUT2D eigenvalue weighted by molar-refractivity contribution is 0.0782. The van der Waals surface area contributed by atoms with Crippen molar-refractivity contribution in [3.8, 4) is 11.5 Å². The van der Waals surface area contributed by atoms with E-state index in [-0.39, 0.29) is 30.1 Å². The number of guanidine groups is 1. The molecule has 0 spiro atoms. The number of benzene rings is 1. The summed E-state index contributed by atoms with van der Waals surface area (Å²) in [6.45, 7) is 10.6. The van der Waals surface area contributed by atoms with Crippen molar-refractivity contribution in [1.82, 2.24) is 10.6 Å². The molecule has 1 aliphatic heterocycles. The van der Waals surface area contributed by atoms with Crippen molar-refractivity contribution in [3.05, 3.63) is 18.2 Å². The van der Waals surface area contributed by atoms with Crippen LogP contribution in [0.3, 0.4) is 0 Å². The van der Waals surface area contributed by atoms with Gasteiger partial charge in [0.15, 0.2) is 5.96 Å². The summed E-state index contributed by atoms with van der Waals surface area (Å²) >= 11 is 0. The van der Waals surface area contributed by atoms with Crippen LogP contribution in [0, 0.1) is 0 Å².